The first-order valence-corrected chi connectivity index (χ1v) is 8.98. The van der Waals surface area contributed by atoms with Gasteiger partial charge in [0.25, 0.3) is 0 Å². The topological polar surface area (TPSA) is 70.0 Å². The van der Waals surface area contributed by atoms with Crippen molar-refractivity contribution >= 4 is 29.0 Å². The first-order chi connectivity index (χ1) is 12.8. The largest absolute Gasteiger partial charge is 0.370 e. The summed E-state index contributed by atoms with van der Waals surface area (Å²) < 4.78 is 0. The van der Waals surface area contributed by atoms with E-state index in [4.69, 9.17) is 4.99 Å². The van der Waals surface area contributed by atoms with Gasteiger partial charge in [0, 0.05) is 30.4 Å². The Morgan fingerprint density at radius 2 is 2.12 bits per heavy atom. The molecule has 3 heterocycles. The number of amidine groups is 2. The van der Waals surface area contributed by atoms with Gasteiger partial charge in [-0.05, 0) is 30.7 Å². The van der Waals surface area contributed by atoms with Gasteiger partial charge in [0.15, 0.2) is 5.78 Å². The molecule has 6 nitrogen and oxygen atoms in total. The number of aromatic nitrogens is 1. The second-order valence-electron chi connectivity index (χ2n) is 6.36. The molecule has 2 aliphatic heterocycles. The van der Waals surface area contributed by atoms with Gasteiger partial charge >= 0.3 is 0 Å². The highest BCUT2D eigenvalue weighted by atomic mass is 16.1. The Balaban J connectivity index is 1.54. The molecule has 1 N–H and O–H groups in total. The zero-order valence-electron chi connectivity index (χ0n) is 14.8. The fourth-order valence-corrected chi connectivity index (χ4v) is 3.19. The highest BCUT2D eigenvalue weighted by Gasteiger charge is 2.30. The van der Waals surface area contributed by atoms with Crippen molar-refractivity contribution in [3.05, 3.63) is 53.7 Å². The highest BCUT2D eigenvalue weighted by molar-refractivity contribution is 6.20. The molecule has 0 saturated heterocycles. The molecule has 0 spiro atoms. The van der Waals surface area contributed by atoms with Gasteiger partial charge in [-0.1, -0.05) is 19.1 Å². The molecular weight excluding hydrogens is 326 g/mol. The van der Waals surface area contributed by atoms with E-state index < -0.39 is 0 Å². The summed E-state index contributed by atoms with van der Waals surface area (Å²) >= 11 is 0. The van der Waals surface area contributed by atoms with Gasteiger partial charge < -0.3 is 10.2 Å². The Bertz CT molecular complexity index is 885. The van der Waals surface area contributed by atoms with E-state index in [0.29, 0.717) is 5.56 Å². The Hall–Kier alpha value is -3.02. The summed E-state index contributed by atoms with van der Waals surface area (Å²) in [5.41, 5.74) is 2.52. The van der Waals surface area contributed by atoms with Gasteiger partial charge in [-0.25, -0.2) is 9.98 Å². The lowest BCUT2D eigenvalue weighted by Crippen LogP contribution is -2.38. The number of para-hydroxylation sites is 1. The molecule has 0 radical (unpaired) electrons. The normalized spacial score (nSPS) is 15.0. The standard InChI is InChI=1S/C20H21N5O/c1-2-9-21-18-8-7-14(13-23-18)17(26)12-19-24-16-6-4-3-5-15(16)20-22-10-11-25(19)20/h3-8,13H,2,9-12H2,1H3,(H,21,23). The van der Waals surface area contributed by atoms with Crippen LogP contribution in [0.1, 0.15) is 35.7 Å². The van der Waals surface area contributed by atoms with Crippen LogP contribution in [0.25, 0.3) is 0 Å². The summed E-state index contributed by atoms with van der Waals surface area (Å²) in [7, 11) is 0. The number of nitrogens with zero attached hydrogens (tertiary/aromatic N) is 4. The quantitative estimate of drug-likeness (QED) is 0.814. The fourth-order valence-electron chi connectivity index (χ4n) is 3.19. The predicted molar refractivity (Wildman–Crippen MR) is 104 cm³/mol. The van der Waals surface area contributed by atoms with Crippen LogP contribution in [0.4, 0.5) is 11.5 Å². The van der Waals surface area contributed by atoms with Crippen LogP contribution >= 0.6 is 0 Å². The van der Waals surface area contributed by atoms with Crippen molar-refractivity contribution in [2.75, 3.05) is 25.0 Å². The van der Waals surface area contributed by atoms with Gasteiger partial charge in [-0.2, -0.15) is 0 Å². The van der Waals surface area contributed by atoms with Crippen LogP contribution in [0, 0.1) is 0 Å². The van der Waals surface area contributed by atoms with Crippen LogP contribution in [-0.4, -0.2) is 47.0 Å². The molecule has 1 aromatic heterocycles. The number of pyridine rings is 1. The summed E-state index contributed by atoms with van der Waals surface area (Å²) in [5.74, 6) is 2.50. The number of fused-ring (bicyclic) bond motifs is 3. The summed E-state index contributed by atoms with van der Waals surface area (Å²) in [6.07, 6.45) is 2.91. The Labute approximate surface area is 152 Å². The molecule has 0 saturated carbocycles. The summed E-state index contributed by atoms with van der Waals surface area (Å²) in [6, 6.07) is 11.6. The average molecular weight is 347 g/mol. The van der Waals surface area contributed by atoms with Crippen molar-refractivity contribution in [1.29, 1.82) is 0 Å². The van der Waals surface area contributed by atoms with E-state index >= 15 is 0 Å². The van der Waals surface area contributed by atoms with Gasteiger partial charge in [0.2, 0.25) is 0 Å². The SMILES string of the molecule is CCCNc1ccc(C(=O)CC2=Nc3ccccc3C3=NCCN23)cn1. The molecule has 0 fully saturated rings. The number of Topliss-reactive ketones (excluding diaryl/α,β-unsaturated/α-hetero) is 1. The molecular formula is C20H21N5O. The number of nitrogens with one attached hydrogen (secondary N) is 1. The van der Waals surface area contributed by atoms with Gasteiger partial charge in [-0.3, -0.25) is 9.79 Å². The number of hydrogen-bond donors (Lipinski definition) is 1. The maximum Gasteiger partial charge on any atom is 0.171 e. The van der Waals surface area contributed by atoms with Crippen LogP contribution < -0.4 is 5.32 Å². The first-order valence-electron chi connectivity index (χ1n) is 8.98. The van der Waals surface area contributed by atoms with Crippen molar-refractivity contribution in [2.45, 2.75) is 19.8 Å². The Kier molecular flexibility index (Phi) is 4.48. The van der Waals surface area contributed by atoms with Crippen molar-refractivity contribution in [3.8, 4) is 0 Å². The third-order valence-electron chi connectivity index (χ3n) is 4.51. The minimum Gasteiger partial charge on any atom is -0.370 e. The molecule has 26 heavy (non-hydrogen) atoms. The van der Waals surface area contributed by atoms with Gasteiger partial charge in [-0.15, -0.1) is 0 Å². The first kappa shape index (κ1) is 16.4. The number of carbonyl (C=O) groups excluding carboxylic acids is 1. The number of ketones is 1. The molecule has 2 aliphatic rings. The summed E-state index contributed by atoms with van der Waals surface area (Å²) in [6.45, 7) is 4.47. The minimum absolute atomic E-state index is 0.0175. The van der Waals surface area contributed by atoms with Crippen molar-refractivity contribution in [2.24, 2.45) is 9.98 Å². The Morgan fingerprint density at radius 3 is 2.92 bits per heavy atom. The predicted octanol–water partition coefficient (Wildman–Crippen LogP) is 3.28. The van der Waals surface area contributed by atoms with Gasteiger partial charge in [0.1, 0.15) is 17.5 Å². The molecule has 1 aromatic carbocycles. The third-order valence-corrected chi connectivity index (χ3v) is 4.51. The molecule has 6 heteroatoms. The molecule has 0 aliphatic carbocycles. The molecule has 2 aromatic rings. The number of rotatable bonds is 6. The number of benzene rings is 1. The van der Waals surface area contributed by atoms with E-state index in [9.17, 15) is 4.79 Å². The second kappa shape index (κ2) is 7.07. The minimum atomic E-state index is 0.0175. The monoisotopic (exact) mass is 347 g/mol. The van der Waals surface area contributed by atoms with Crippen molar-refractivity contribution < 1.29 is 4.79 Å². The number of hydrogen-bond acceptors (Lipinski definition) is 6. The molecule has 132 valence electrons. The molecule has 0 atom stereocenters. The van der Waals surface area contributed by atoms with Crippen LogP contribution in [-0.2, 0) is 0 Å². The van der Waals surface area contributed by atoms with Crippen LogP contribution in [0.2, 0.25) is 0 Å². The maximum absolute atomic E-state index is 12.7. The summed E-state index contributed by atoms with van der Waals surface area (Å²) in [4.78, 5) is 28.4. The van der Waals surface area contributed by atoms with E-state index in [0.717, 1.165) is 54.8 Å². The van der Waals surface area contributed by atoms with E-state index in [-0.39, 0.29) is 12.2 Å². The maximum atomic E-state index is 12.7. The lowest BCUT2D eigenvalue weighted by Gasteiger charge is -2.27. The second-order valence-corrected chi connectivity index (χ2v) is 6.36. The van der Waals surface area contributed by atoms with E-state index in [1.807, 2.05) is 36.4 Å². The Morgan fingerprint density at radius 1 is 1.23 bits per heavy atom. The van der Waals surface area contributed by atoms with Crippen molar-refractivity contribution in [1.82, 2.24) is 9.88 Å². The lowest BCUT2D eigenvalue weighted by molar-refractivity contribution is 0.0998. The number of anilines is 1. The molecule has 4 rings (SSSR count). The highest BCUT2D eigenvalue weighted by Crippen LogP contribution is 2.29. The smallest absolute Gasteiger partial charge is 0.171 e. The molecule has 0 amide bonds. The third kappa shape index (κ3) is 3.10. The fraction of sp³-hybridized carbons (Fsp3) is 0.300. The molecule has 0 unspecified atom stereocenters. The van der Waals surface area contributed by atoms with Crippen LogP contribution in [0.3, 0.4) is 0 Å². The van der Waals surface area contributed by atoms with Gasteiger partial charge in [0.05, 0.1) is 18.7 Å². The number of aliphatic imine (C=N–C) groups is 2. The van der Waals surface area contributed by atoms with E-state index in [1.54, 1.807) is 6.20 Å². The van der Waals surface area contributed by atoms with Crippen LogP contribution in [0.5, 0.6) is 0 Å². The lowest BCUT2D eigenvalue weighted by atomic mass is 10.1. The molecule has 0 bridgehead atoms. The van der Waals surface area contributed by atoms with Crippen molar-refractivity contribution in [3.63, 3.8) is 0 Å². The van der Waals surface area contributed by atoms with E-state index in [2.05, 4.69) is 27.1 Å². The van der Waals surface area contributed by atoms with Crippen LogP contribution in [0.15, 0.2) is 52.6 Å². The van der Waals surface area contributed by atoms with E-state index in [1.165, 1.54) is 0 Å². The zero-order valence-corrected chi connectivity index (χ0v) is 14.8. The average Bonchev–Trinajstić information content (AvgIpc) is 3.17. The summed E-state index contributed by atoms with van der Waals surface area (Å²) in [5, 5.41) is 3.21. The zero-order chi connectivity index (χ0) is 17.9. The number of carbonyl (C=O) groups is 1.